The Bertz CT molecular complexity index is 900. The van der Waals surface area contributed by atoms with Crippen LogP contribution in [-0.2, 0) is 6.54 Å². The molecule has 2 aromatic heterocycles. The van der Waals surface area contributed by atoms with Gasteiger partial charge in [0, 0.05) is 56.2 Å². The minimum Gasteiger partial charge on any atom is -0.336 e. The van der Waals surface area contributed by atoms with Crippen LogP contribution in [0.4, 0.5) is 0 Å². The van der Waals surface area contributed by atoms with Crippen molar-refractivity contribution >= 4 is 5.91 Å². The van der Waals surface area contributed by atoms with Gasteiger partial charge in [-0.15, -0.1) is 0 Å². The SMILES string of the molecule is Cc1noc(-c2ccc(C(=O)N3CCN(Cc4ccncc4)CC3)cc2)n1. The van der Waals surface area contributed by atoms with Gasteiger partial charge in [0.1, 0.15) is 0 Å². The van der Waals surface area contributed by atoms with Crippen molar-refractivity contribution in [3.63, 3.8) is 0 Å². The number of amides is 1. The molecule has 4 rings (SSSR count). The Labute approximate surface area is 157 Å². The summed E-state index contributed by atoms with van der Waals surface area (Å²) in [5, 5.41) is 3.79. The van der Waals surface area contributed by atoms with Crippen LogP contribution in [0.25, 0.3) is 11.5 Å². The van der Waals surface area contributed by atoms with Crippen molar-refractivity contribution in [2.45, 2.75) is 13.5 Å². The molecular formula is C20H21N5O2. The topological polar surface area (TPSA) is 75.4 Å². The van der Waals surface area contributed by atoms with Crippen molar-refractivity contribution in [2.24, 2.45) is 0 Å². The summed E-state index contributed by atoms with van der Waals surface area (Å²) in [7, 11) is 0. The third-order valence-electron chi connectivity index (χ3n) is 4.72. The van der Waals surface area contributed by atoms with Gasteiger partial charge in [-0.2, -0.15) is 4.98 Å². The Morgan fingerprint density at radius 3 is 2.37 bits per heavy atom. The highest BCUT2D eigenvalue weighted by molar-refractivity contribution is 5.94. The second-order valence-corrected chi connectivity index (χ2v) is 6.65. The molecule has 0 saturated carbocycles. The number of pyridine rings is 1. The molecule has 7 nitrogen and oxygen atoms in total. The molecule has 0 bridgehead atoms. The van der Waals surface area contributed by atoms with Gasteiger partial charge in [-0.05, 0) is 48.9 Å². The Kier molecular flexibility index (Phi) is 4.93. The van der Waals surface area contributed by atoms with E-state index in [4.69, 9.17) is 4.52 Å². The summed E-state index contributed by atoms with van der Waals surface area (Å²) in [6, 6.07) is 11.4. The Balaban J connectivity index is 1.35. The molecule has 7 heteroatoms. The van der Waals surface area contributed by atoms with Crippen molar-refractivity contribution in [1.29, 1.82) is 0 Å². The first-order valence-corrected chi connectivity index (χ1v) is 9.00. The molecule has 0 spiro atoms. The van der Waals surface area contributed by atoms with E-state index < -0.39 is 0 Å². The van der Waals surface area contributed by atoms with Crippen molar-refractivity contribution in [1.82, 2.24) is 24.9 Å². The van der Waals surface area contributed by atoms with Crippen LogP contribution in [0, 0.1) is 6.92 Å². The number of hydrogen-bond donors (Lipinski definition) is 0. The Hall–Kier alpha value is -3.06. The molecule has 0 atom stereocenters. The van der Waals surface area contributed by atoms with Crippen molar-refractivity contribution in [3.05, 3.63) is 65.7 Å². The smallest absolute Gasteiger partial charge is 0.257 e. The molecule has 0 aliphatic carbocycles. The molecule has 3 heterocycles. The molecule has 1 aliphatic heterocycles. The second kappa shape index (κ2) is 7.67. The molecule has 0 unspecified atom stereocenters. The quantitative estimate of drug-likeness (QED) is 0.709. The molecule has 3 aromatic rings. The summed E-state index contributed by atoms with van der Waals surface area (Å²) in [6.07, 6.45) is 3.63. The third-order valence-corrected chi connectivity index (χ3v) is 4.72. The van der Waals surface area contributed by atoms with Crippen LogP contribution in [0.1, 0.15) is 21.7 Å². The van der Waals surface area contributed by atoms with E-state index in [1.165, 1.54) is 5.56 Å². The van der Waals surface area contributed by atoms with Gasteiger partial charge in [-0.1, -0.05) is 5.16 Å². The third kappa shape index (κ3) is 4.03. The molecular weight excluding hydrogens is 342 g/mol. The fourth-order valence-corrected chi connectivity index (χ4v) is 3.21. The predicted molar refractivity (Wildman–Crippen MR) is 99.9 cm³/mol. The van der Waals surface area contributed by atoms with Gasteiger partial charge < -0.3 is 9.42 Å². The first-order chi connectivity index (χ1) is 13.2. The normalized spacial score (nSPS) is 15.1. The molecule has 27 heavy (non-hydrogen) atoms. The van der Waals surface area contributed by atoms with E-state index >= 15 is 0 Å². The average molecular weight is 363 g/mol. The van der Waals surface area contributed by atoms with E-state index in [-0.39, 0.29) is 5.91 Å². The zero-order chi connectivity index (χ0) is 18.6. The van der Waals surface area contributed by atoms with E-state index in [1.807, 2.05) is 53.7 Å². The first kappa shape index (κ1) is 17.4. The fourth-order valence-electron chi connectivity index (χ4n) is 3.21. The summed E-state index contributed by atoms with van der Waals surface area (Å²) in [5.74, 6) is 1.12. The summed E-state index contributed by atoms with van der Waals surface area (Å²) >= 11 is 0. The standard InChI is InChI=1S/C20H21N5O2/c1-15-22-19(27-23-15)17-2-4-18(5-3-17)20(26)25-12-10-24(11-13-25)14-16-6-8-21-9-7-16/h2-9H,10-14H2,1H3. The number of carbonyl (C=O) groups excluding carboxylic acids is 1. The van der Waals surface area contributed by atoms with Gasteiger partial charge in [0.05, 0.1) is 0 Å². The maximum Gasteiger partial charge on any atom is 0.257 e. The number of carbonyl (C=O) groups is 1. The lowest BCUT2D eigenvalue weighted by Crippen LogP contribution is -2.48. The Morgan fingerprint density at radius 1 is 1.04 bits per heavy atom. The van der Waals surface area contributed by atoms with E-state index in [1.54, 1.807) is 6.92 Å². The van der Waals surface area contributed by atoms with Crippen LogP contribution in [-0.4, -0.2) is 57.0 Å². The number of aromatic nitrogens is 3. The molecule has 1 fully saturated rings. The molecule has 1 aromatic carbocycles. The minimum absolute atomic E-state index is 0.0619. The molecule has 138 valence electrons. The summed E-state index contributed by atoms with van der Waals surface area (Å²) in [4.78, 5) is 25.3. The first-order valence-electron chi connectivity index (χ1n) is 9.00. The lowest BCUT2D eigenvalue weighted by Gasteiger charge is -2.34. The number of benzene rings is 1. The average Bonchev–Trinajstić information content (AvgIpc) is 3.15. The van der Waals surface area contributed by atoms with Crippen LogP contribution in [0.15, 0.2) is 53.3 Å². The van der Waals surface area contributed by atoms with Crippen LogP contribution in [0.3, 0.4) is 0 Å². The monoisotopic (exact) mass is 363 g/mol. The zero-order valence-corrected chi connectivity index (χ0v) is 15.2. The van der Waals surface area contributed by atoms with E-state index in [0.29, 0.717) is 17.3 Å². The highest BCUT2D eigenvalue weighted by atomic mass is 16.5. The molecule has 0 radical (unpaired) electrons. The maximum atomic E-state index is 12.8. The van der Waals surface area contributed by atoms with Crippen LogP contribution in [0.5, 0.6) is 0 Å². The van der Waals surface area contributed by atoms with Crippen molar-refractivity contribution < 1.29 is 9.32 Å². The van der Waals surface area contributed by atoms with Gasteiger partial charge in [-0.25, -0.2) is 0 Å². The van der Waals surface area contributed by atoms with Gasteiger partial charge >= 0.3 is 0 Å². The van der Waals surface area contributed by atoms with Crippen LogP contribution >= 0.6 is 0 Å². The van der Waals surface area contributed by atoms with Gasteiger partial charge in [0.2, 0.25) is 0 Å². The summed E-state index contributed by atoms with van der Waals surface area (Å²) < 4.78 is 5.16. The van der Waals surface area contributed by atoms with Crippen molar-refractivity contribution in [2.75, 3.05) is 26.2 Å². The predicted octanol–water partition coefficient (Wildman–Crippen LogP) is 2.40. The van der Waals surface area contributed by atoms with Gasteiger partial charge in [0.15, 0.2) is 5.82 Å². The maximum absolute atomic E-state index is 12.8. The largest absolute Gasteiger partial charge is 0.336 e. The van der Waals surface area contributed by atoms with Gasteiger partial charge in [0.25, 0.3) is 11.8 Å². The van der Waals surface area contributed by atoms with E-state index in [9.17, 15) is 4.79 Å². The molecule has 1 amide bonds. The van der Waals surface area contributed by atoms with Crippen LogP contribution in [0.2, 0.25) is 0 Å². The number of aryl methyl sites for hydroxylation is 1. The number of hydrogen-bond acceptors (Lipinski definition) is 6. The summed E-state index contributed by atoms with van der Waals surface area (Å²) in [5.41, 5.74) is 2.74. The Morgan fingerprint density at radius 2 is 1.74 bits per heavy atom. The van der Waals surface area contributed by atoms with Crippen LogP contribution < -0.4 is 0 Å². The zero-order valence-electron chi connectivity index (χ0n) is 15.2. The van der Waals surface area contributed by atoms with E-state index in [2.05, 4.69) is 20.0 Å². The second-order valence-electron chi connectivity index (χ2n) is 6.65. The molecule has 1 aliphatic rings. The lowest BCUT2D eigenvalue weighted by molar-refractivity contribution is 0.0628. The minimum atomic E-state index is 0.0619. The molecule has 1 saturated heterocycles. The number of piperazine rings is 1. The number of rotatable bonds is 4. The molecule has 0 N–H and O–H groups in total. The van der Waals surface area contributed by atoms with Crippen molar-refractivity contribution in [3.8, 4) is 11.5 Å². The highest BCUT2D eigenvalue weighted by Crippen LogP contribution is 2.19. The summed E-state index contributed by atoms with van der Waals surface area (Å²) in [6.45, 7) is 5.87. The fraction of sp³-hybridized carbons (Fsp3) is 0.300. The highest BCUT2D eigenvalue weighted by Gasteiger charge is 2.22. The lowest BCUT2D eigenvalue weighted by atomic mass is 10.1. The number of nitrogens with zero attached hydrogens (tertiary/aromatic N) is 5. The van der Waals surface area contributed by atoms with Gasteiger partial charge in [-0.3, -0.25) is 14.7 Å². The van der Waals surface area contributed by atoms with E-state index in [0.717, 1.165) is 38.3 Å².